The second kappa shape index (κ2) is 6.42. The minimum Gasteiger partial charge on any atom is -0.462 e. The maximum atomic E-state index is 13.0. The predicted molar refractivity (Wildman–Crippen MR) is 86.1 cm³/mol. The summed E-state index contributed by atoms with van der Waals surface area (Å²) in [7, 11) is 2.04. The third-order valence-corrected chi connectivity index (χ3v) is 4.61. The maximum absolute atomic E-state index is 13.0. The standard InChI is InChI=1S/C17H17FN2OS/c1-12(13-5-7-14(18)8-6-13)20(2)10-15-11-22-17(19-15)16-4-3-9-21-16/h3-9,11-12H,10H2,1-2H3. The van der Waals surface area contributed by atoms with Gasteiger partial charge in [-0.3, -0.25) is 4.90 Å². The lowest BCUT2D eigenvalue weighted by atomic mass is 10.1. The molecule has 0 N–H and O–H groups in total. The molecule has 0 fully saturated rings. The van der Waals surface area contributed by atoms with Crippen molar-refractivity contribution < 1.29 is 8.81 Å². The first-order valence-corrected chi connectivity index (χ1v) is 7.95. The minimum atomic E-state index is -0.207. The van der Waals surface area contributed by atoms with E-state index in [4.69, 9.17) is 4.42 Å². The van der Waals surface area contributed by atoms with Crippen molar-refractivity contribution in [1.82, 2.24) is 9.88 Å². The first kappa shape index (κ1) is 14.9. The van der Waals surface area contributed by atoms with Gasteiger partial charge in [0.05, 0.1) is 12.0 Å². The van der Waals surface area contributed by atoms with E-state index in [1.807, 2.05) is 36.7 Å². The van der Waals surface area contributed by atoms with Crippen molar-refractivity contribution in [3.63, 3.8) is 0 Å². The number of rotatable bonds is 5. The summed E-state index contributed by atoms with van der Waals surface area (Å²) in [4.78, 5) is 6.79. The van der Waals surface area contributed by atoms with Gasteiger partial charge in [-0.05, 0) is 43.8 Å². The molecule has 22 heavy (non-hydrogen) atoms. The van der Waals surface area contributed by atoms with Crippen LogP contribution in [0.25, 0.3) is 10.8 Å². The van der Waals surface area contributed by atoms with Gasteiger partial charge in [-0.15, -0.1) is 11.3 Å². The van der Waals surface area contributed by atoms with Crippen LogP contribution in [0.15, 0.2) is 52.5 Å². The Kier molecular flexibility index (Phi) is 4.36. The summed E-state index contributed by atoms with van der Waals surface area (Å²) in [5.41, 5.74) is 2.10. The Morgan fingerprint density at radius 1 is 1.27 bits per heavy atom. The van der Waals surface area contributed by atoms with E-state index in [9.17, 15) is 4.39 Å². The molecule has 1 atom stereocenters. The molecular weight excluding hydrogens is 299 g/mol. The number of benzene rings is 1. The van der Waals surface area contributed by atoms with Gasteiger partial charge < -0.3 is 4.42 Å². The van der Waals surface area contributed by atoms with Crippen molar-refractivity contribution in [2.24, 2.45) is 0 Å². The zero-order valence-corrected chi connectivity index (χ0v) is 13.3. The Morgan fingerprint density at radius 2 is 2.05 bits per heavy atom. The molecule has 2 heterocycles. The molecule has 0 radical (unpaired) electrons. The van der Waals surface area contributed by atoms with Crippen molar-refractivity contribution >= 4 is 11.3 Å². The molecule has 0 aliphatic carbocycles. The monoisotopic (exact) mass is 316 g/mol. The average molecular weight is 316 g/mol. The largest absolute Gasteiger partial charge is 0.462 e. The number of hydrogen-bond acceptors (Lipinski definition) is 4. The van der Waals surface area contributed by atoms with E-state index in [1.54, 1.807) is 17.6 Å². The predicted octanol–water partition coefficient (Wildman–Crippen LogP) is 4.74. The third kappa shape index (κ3) is 3.26. The average Bonchev–Trinajstić information content (AvgIpc) is 3.18. The maximum Gasteiger partial charge on any atom is 0.162 e. The van der Waals surface area contributed by atoms with E-state index in [-0.39, 0.29) is 11.9 Å². The van der Waals surface area contributed by atoms with Crippen LogP contribution in [-0.4, -0.2) is 16.9 Å². The van der Waals surface area contributed by atoms with Crippen molar-refractivity contribution in [3.05, 3.63) is 65.1 Å². The lowest BCUT2D eigenvalue weighted by molar-refractivity contribution is 0.250. The van der Waals surface area contributed by atoms with E-state index in [1.165, 1.54) is 12.1 Å². The van der Waals surface area contributed by atoms with Gasteiger partial charge in [0.15, 0.2) is 10.8 Å². The third-order valence-electron chi connectivity index (χ3n) is 3.71. The number of furan rings is 1. The van der Waals surface area contributed by atoms with Gasteiger partial charge in [0.25, 0.3) is 0 Å². The Labute approximate surface area is 133 Å². The second-order valence-electron chi connectivity index (χ2n) is 5.26. The number of aromatic nitrogens is 1. The van der Waals surface area contributed by atoms with Crippen molar-refractivity contribution in [2.45, 2.75) is 19.5 Å². The Hall–Kier alpha value is -1.98. The lowest BCUT2D eigenvalue weighted by Gasteiger charge is -2.24. The number of hydrogen-bond donors (Lipinski definition) is 0. The molecule has 3 nitrogen and oxygen atoms in total. The number of halogens is 1. The van der Waals surface area contributed by atoms with Gasteiger partial charge >= 0.3 is 0 Å². The molecule has 0 amide bonds. The summed E-state index contributed by atoms with van der Waals surface area (Å²) < 4.78 is 18.4. The molecule has 114 valence electrons. The molecule has 0 aliphatic rings. The summed E-state index contributed by atoms with van der Waals surface area (Å²) in [6, 6.07) is 10.6. The van der Waals surface area contributed by atoms with Gasteiger partial charge in [0.1, 0.15) is 5.82 Å². The van der Waals surface area contributed by atoms with E-state index in [2.05, 4.69) is 16.8 Å². The van der Waals surface area contributed by atoms with Crippen LogP contribution in [0.5, 0.6) is 0 Å². The van der Waals surface area contributed by atoms with Crippen molar-refractivity contribution in [2.75, 3.05) is 7.05 Å². The Balaban J connectivity index is 1.68. The van der Waals surface area contributed by atoms with Crippen molar-refractivity contribution in [3.8, 4) is 10.8 Å². The first-order valence-electron chi connectivity index (χ1n) is 7.07. The van der Waals surface area contributed by atoms with Gasteiger partial charge in [0, 0.05) is 18.0 Å². The molecule has 0 aliphatic heterocycles. The second-order valence-corrected chi connectivity index (χ2v) is 6.12. The summed E-state index contributed by atoms with van der Waals surface area (Å²) in [6.07, 6.45) is 1.65. The molecule has 5 heteroatoms. The fraction of sp³-hybridized carbons (Fsp3) is 0.235. The van der Waals surface area contributed by atoms with Crippen LogP contribution in [0.2, 0.25) is 0 Å². The van der Waals surface area contributed by atoms with Crippen LogP contribution < -0.4 is 0 Å². The van der Waals surface area contributed by atoms with Crippen LogP contribution >= 0.6 is 11.3 Å². The number of nitrogens with zero attached hydrogens (tertiary/aromatic N) is 2. The molecule has 1 unspecified atom stereocenters. The summed E-state index contributed by atoms with van der Waals surface area (Å²) in [6.45, 7) is 2.84. The SMILES string of the molecule is CC(c1ccc(F)cc1)N(C)Cc1csc(-c2ccco2)n1. The highest BCUT2D eigenvalue weighted by Crippen LogP contribution is 2.26. The van der Waals surface area contributed by atoms with Crippen molar-refractivity contribution in [1.29, 1.82) is 0 Å². The summed E-state index contributed by atoms with van der Waals surface area (Å²) >= 11 is 1.58. The van der Waals surface area contributed by atoms with E-state index in [0.717, 1.165) is 28.6 Å². The van der Waals surface area contributed by atoms with E-state index < -0.39 is 0 Å². The lowest BCUT2D eigenvalue weighted by Crippen LogP contribution is -2.22. The molecule has 1 aromatic carbocycles. The zero-order chi connectivity index (χ0) is 15.5. The topological polar surface area (TPSA) is 29.3 Å². The molecule has 0 spiro atoms. The van der Waals surface area contributed by atoms with Crippen LogP contribution in [0, 0.1) is 5.82 Å². The van der Waals surface area contributed by atoms with Crippen LogP contribution in [0.1, 0.15) is 24.2 Å². The highest BCUT2D eigenvalue weighted by Gasteiger charge is 2.14. The van der Waals surface area contributed by atoms with Gasteiger partial charge in [-0.1, -0.05) is 12.1 Å². The van der Waals surface area contributed by atoms with Gasteiger partial charge in [-0.2, -0.15) is 0 Å². The van der Waals surface area contributed by atoms with Gasteiger partial charge in [0.2, 0.25) is 0 Å². The van der Waals surface area contributed by atoms with Gasteiger partial charge in [-0.25, -0.2) is 9.37 Å². The highest BCUT2D eigenvalue weighted by molar-refractivity contribution is 7.13. The Morgan fingerprint density at radius 3 is 2.73 bits per heavy atom. The normalized spacial score (nSPS) is 12.7. The van der Waals surface area contributed by atoms with Crippen LogP contribution in [0.3, 0.4) is 0 Å². The minimum absolute atomic E-state index is 0.189. The number of thiazole rings is 1. The van der Waals surface area contributed by atoms with E-state index in [0.29, 0.717) is 0 Å². The smallest absolute Gasteiger partial charge is 0.162 e. The fourth-order valence-electron chi connectivity index (χ4n) is 2.28. The molecule has 0 saturated carbocycles. The van der Waals surface area contributed by atoms with Crippen LogP contribution in [0.4, 0.5) is 4.39 Å². The Bertz CT molecular complexity index is 721. The molecule has 0 bridgehead atoms. The quantitative estimate of drug-likeness (QED) is 0.681. The van der Waals surface area contributed by atoms with E-state index >= 15 is 0 Å². The summed E-state index contributed by atoms with van der Waals surface area (Å²) in [5.74, 6) is 0.590. The zero-order valence-electron chi connectivity index (χ0n) is 12.5. The first-order chi connectivity index (χ1) is 10.6. The molecule has 0 saturated heterocycles. The van der Waals surface area contributed by atoms with Crippen LogP contribution in [-0.2, 0) is 6.54 Å². The molecule has 3 aromatic rings. The molecule has 2 aromatic heterocycles. The highest BCUT2D eigenvalue weighted by atomic mass is 32.1. The molecule has 3 rings (SSSR count). The fourth-order valence-corrected chi connectivity index (χ4v) is 3.06. The molecular formula is C17H17FN2OS. The summed E-state index contributed by atoms with van der Waals surface area (Å²) in [5, 5.41) is 2.94.